The normalized spacial score (nSPS) is 16.8. The van der Waals surface area contributed by atoms with Crippen molar-refractivity contribution in [2.75, 3.05) is 23.4 Å². The zero-order valence-electron chi connectivity index (χ0n) is 18.4. The Labute approximate surface area is 183 Å². The lowest BCUT2D eigenvalue weighted by Gasteiger charge is -2.19. The average molecular weight is 423 g/mol. The van der Waals surface area contributed by atoms with E-state index >= 15 is 0 Å². The molecule has 31 heavy (non-hydrogen) atoms. The SMILES string of the molecule is CCc1ccccc1N1C[C@@H](C(=O)OCC(=O)Nc2ccc([C@H](C)CC)cc2)CC1=O. The van der Waals surface area contributed by atoms with Gasteiger partial charge in [-0.15, -0.1) is 0 Å². The van der Waals surface area contributed by atoms with Crippen molar-refractivity contribution < 1.29 is 19.1 Å². The van der Waals surface area contributed by atoms with Crippen molar-refractivity contribution >= 4 is 29.2 Å². The minimum atomic E-state index is -0.569. The molecule has 1 N–H and O–H groups in total. The number of benzene rings is 2. The van der Waals surface area contributed by atoms with E-state index in [0.29, 0.717) is 11.6 Å². The number of nitrogens with zero attached hydrogens (tertiary/aromatic N) is 1. The first-order chi connectivity index (χ1) is 14.9. The van der Waals surface area contributed by atoms with Crippen LogP contribution in [-0.4, -0.2) is 30.9 Å². The molecule has 0 bridgehead atoms. The zero-order chi connectivity index (χ0) is 22.4. The number of aryl methyl sites for hydroxylation is 1. The van der Waals surface area contributed by atoms with Gasteiger partial charge in [0.05, 0.1) is 5.92 Å². The van der Waals surface area contributed by atoms with Crippen LogP contribution in [0.4, 0.5) is 11.4 Å². The first kappa shape index (κ1) is 22.5. The van der Waals surface area contributed by atoms with Gasteiger partial charge in [-0.1, -0.05) is 51.1 Å². The maximum absolute atomic E-state index is 12.5. The molecule has 0 radical (unpaired) electrons. The summed E-state index contributed by atoms with van der Waals surface area (Å²) >= 11 is 0. The summed E-state index contributed by atoms with van der Waals surface area (Å²) in [6.07, 6.45) is 1.94. The molecule has 6 heteroatoms. The van der Waals surface area contributed by atoms with Crippen LogP contribution in [0, 0.1) is 5.92 Å². The molecule has 2 aromatic rings. The largest absolute Gasteiger partial charge is 0.455 e. The second kappa shape index (κ2) is 10.2. The quantitative estimate of drug-likeness (QED) is 0.644. The number of carbonyl (C=O) groups is 3. The third-order valence-electron chi connectivity index (χ3n) is 5.84. The second-order valence-electron chi connectivity index (χ2n) is 7.97. The molecule has 0 aliphatic carbocycles. The van der Waals surface area contributed by atoms with E-state index in [0.717, 1.165) is 24.1 Å². The molecule has 3 rings (SSSR count). The Balaban J connectivity index is 1.51. The number of ether oxygens (including phenoxy) is 1. The molecule has 6 nitrogen and oxygen atoms in total. The minimum Gasteiger partial charge on any atom is -0.455 e. The van der Waals surface area contributed by atoms with Gasteiger partial charge in [0.15, 0.2) is 6.61 Å². The molecule has 1 aliphatic rings. The summed E-state index contributed by atoms with van der Waals surface area (Å²) in [4.78, 5) is 38.7. The van der Waals surface area contributed by atoms with E-state index in [9.17, 15) is 14.4 Å². The monoisotopic (exact) mass is 422 g/mol. The van der Waals surface area contributed by atoms with Crippen molar-refractivity contribution in [1.29, 1.82) is 0 Å². The van der Waals surface area contributed by atoms with E-state index in [1.807, 2.05) is 55.5 Å². The Kier molecular flexibility index (Phi) is 7.45. The Hall–Kier alpha value is -3.15. The number of anilines is 2. The topological polar surface area (TPSA) is 75.7 Å². The number of nitrogens with one attached hydrogen (secondary N) is 1. The number of carbonyl (C=O) groups excluding carboxylic acids is 3. The van der Waals surface area contributed by atoms with Gasteiger partial charge in [-0.25, -0.2) is 0 Å². The minimum absolute atomic E-state index is 0.0928. The number of hydrogen-bond donors (Lipinski definition) is 1. The number of rotatable bonds is 8. The Morgan fingerprint density at radius 1 is 1.13 bits per heavy atom. The highest BCUT2D eigenvalue weighted by molar-refractivity contribution is 6.00. The van der Waals surface area contributed by atoms with Crippen molar-refractivity contribution in [2.24, 2.45) is 5.92 Å². The molecule has 0 saturated carbocycles. The molecule has 1 heterocycles. The van der Waals surface area contributed by atoms with E-state index in [2.05, 4.69) is 19.2 Å². The summed E-state index contributed by atoms with van der Waals surface area (Å²) in [5.41, 5.74) is 3.77. The predicted molar refractivity (Wildman–Crippen MR) is 121 cm³/mol. The maximum Gasteiger partial charge on any atom is 0.311 e. The van der Waals surface area contributed by atoms with E-state index in [4.69, 9.17) is 4.74 Å². The summed E-state index contributed by atoms with van der Waals surface area (Å²) in [7, 11) is 0. The van der Waals surface area contributed by atoms with E-state index in [1.54, 1.807) is 4.90 Å². The van der Waals surface area contributed by atoms with Gasteiger partial charge in [0, 0.05) is 24.3 Å². The number of esters is 1. The van der Waals surface area contributed by atoms with Gasteiger partial charge in [-0.05, 0) is 48.1 Å². The Bertz CT molecular complexity index is 939. The van der Waals surface area contributed by atoms with Gasteiger partial charge in [0.2, 0.25) is 5.91 Å². The van der Waals surface area contributed by atoms with Gasteiger partial charge >= 0.3 is 5.97 Å². The maximum atomic E-state index is 12.5. The van der Waals surface area contributed by atoms with Gasteiger partial charge < -0.3 is 15.0 Å². The average Bonchev–Trinajstić information content (AvgIpc) is 3.18. The van der Waals surface area contributed by atoms with E-state index in [1.165, 1.54) is 5.56 Å². The first-order valence-electron chi connectivity index (χ1n) is 10.9. The third kappa shape index (κ3) is 5.51. The summed E-state index contributed by atoms with van der Waals surface area (Å²) in [5.74, 6) is -1.13. The highest BCUT2D eigenvalue weighted by Crippen LogP contribution is 2.29. The predicted octanol–water partition coefficient (Wildman–Crippen LogP) is 4.30. The van der Waals surface area contributed by atoms with Crippen LogP contribution in [0.15, 0.2) is 48.5 Å². The van der Waals surface area contributed by atoms with Crippen LogP contribution in [-0.2, 0) is 25.5 Å². The smallest absolute Gasteiger partial charge is 0.311 e. The molecule has 0 unspecified atom stereocenters. The van der Waals surface area contributed by atoms with Crippen LogP contribution in [0.25, 0.3) is 0 Å². The highest BCUT2D eigenvalue weighted by atomic mass is 16.5. The lowest BCUT2D eigenvalue weighted by Crippen LogP contribution is -2.28. The molecule has 0 aromatic heterocycles. The molecule has 2 atom stereocenters. The number of hydrogen-bond acceptors (Lipinski definition) is 4. The first-order valence-corrected chi connectivity index (χ1v) is 10.9. The second-order valence-corrected chi connectivity index (χ2v) is 7.97. The molecular weight excluding hydrogens is 392 g/mol. The third-order valence-corrected chi connectivity index (χ3v) is 5.84. The van der Waals surface area contributed by atoms with Crippen LogP contribution >= 0.6 is 0 Å². The fourth-order valence-electron chi connectivity index (χ4n) is 3.75. The number of amides is 2. The van der Waals surface area contributed by atoms with Gasteiger partial charge in [-0.2, -0.15) is 0 Å². The standard InChI is InChI=1S/C25H30N2O4/c1-4-17(3)19-10-12-21(13-11-19)26-23(28)16-31-25(30)20-14-24(29)27(15-20)22-9-7-6-8-18(22)5-2/h6-13,17,20H,4-5,14-16H2,1-3H3,(H,26,28)/t17-,20+/m1/s1. The summed E-state index contributed by atoms with van der Waals surface area (Å²) in [6.45, 7) is 6.22. The fraction of sp³-hybridized carbons (Fsp3) is 0.400. The molecular formula is C25H30N2O4. The summed E-state index contributed by atoms with van der Waals surface area (Å²) in [5, 5.41) is 2.74. The van der Waals surface area contributed by atoms with Gasteiger partial charge in [-0.3, -0.25) is 14.4 Å². The summed E-state index contributed by atoms with van der Waals surface area (Å²) < 4.78 is 5.20. The Morgan fingerprint density at radius 2 is 1.84 bits per heavy atom. The highest BCUT2D eigenvalue weighted by Gasteiger charge is 2.37. The fourth-order valence-corrected chi connectivity index (χ4v) is 3.75. The molecule has 2 aromatic carbocycles. The molecule has 1 fully saturated rings. The van der Waals surface area contributed by atoms with Crippen LogP contribution in [0.1, 0.15) is 50.7 Å². The van der Waals surface area contributed by atoms with Crippen molar-refractivity contribution in [2.45, 2.75) is 46.0 Å². The molecule has 1 saturated heterocycles. The lowest BCUT2D eigenvalue weighted by molar-refractivity contribution is -0.151. The van der Waals surface area contributed by atoms with E-state index in [-0.39, 0.29) is 25.5 Å². The van der Waals surface area contributed by atoms with Crippen molar-refractivity contribution in [1.82, 2.24) is 0 Å². The number of para-hydroxylation sites is 1. The van der Waals surface area contributed by atoms with Crippen LogP contribution in [0.5, 0.6) is 0 Å². The summed E-state index contributed by atoms with van der Waals surface area (Å²) in [6, 6.07) is 15.4. The van der Waals surface area contributed by atoms with Crippen molar-refractivity contribution in [3.63, 3.8) is 0 Å². The molecule has 164 valence electrons. The Morgan fingerprint density at radius 3 is 2.52 bits per heavy atom. The van der Waals surface area contributed by atoms with Gasteiger partial charge in [0.1, 0.15) is 0 Å². The van der Waals surface area contributed by atoms with Crippen molar-refractivity contribution in [3.05, 3.63) is 59.7 Å². The molecule has 1 aliphatic heterocycles. The van der Waals surface area contributed by atoms with Crippen LogP contribution < -0.4 is 10.2 Å². The zero-order valence-corrected chi connectivity index (χ0v) is 18.4. The molecule has 2 amide bonds. The molecule has 0 spiro atoms. The van der Waals surface area contributed by atoms with Crippen LogP contribution in [0.3, 0.4) is 0 Å². The van der Waals surface area contributed by atoms with Crippen molar-refractivity contribution in [3.8, 4) is 0 Å². The van der Waals surface area contributed by atoms with Crippen LogP contribution in [0.2, 0.25) is 0 Å². The van der Waals surface area contributed by atoms with E-state index < -0.39 is 17.8 Å². The van der Waals surface area contributed by atoms with Gasteiger partial charge in [0.25, 0.3) is 5.91 Å². The lowest BCUT2D eigenvalue weighted by atomic mass is 9.99.